The van der Waals surface area contributed by atoms with Gasteiger partial charge in [0, 0.05) is 25.1 Å². The highest BCUT2D eigenvalue weighted by atomic mass is 16.7. The first-order valence-electron chi connectivity index (χ1n) is 10.7. The predicted molar refractivity (Wildman–Crippen MR) is 115 cm³/mol. The van der Waals surface area contributed by atoms with Crippen LogP contribution >= 0.6 is 0 Å². The van der Waals surface area contributed by atoms with Crippen LogP contribution in [0.2, 0.25) is 0 Å². The van der Waals surface area contributed by atoms with Crippen molar-refractivity contribution in [3.8, 4) is 11.5 Å². The number of fused-ring (bicyclic) bond motifs is 3. The molecule has 0 unspecified atom stereocenters. The van der Waals surface area contributed by atoms with Crippen LogP contribution in [0.3, 0.4) is 0 Å². The monoisotopic (exact) mass is 433 g/mol. The van der Waals surface area contributed by atoms with Crippen molar-refractivity contribution in [1.82, 2.24) is 4.90 Å². The molecule has 2 aromatic rings. The highest BCUT2D eigenvalue weighted by Crippen LogP contribution is 2.43. The molecule has 32 heavy (non-hydrogen) atoms. The Morgan fingerprint density at radius 1 is 1.00 bits per heavy atom. The number of Topliss-reactive ketones (excluding diaryl/α,β-unsaturated/α-hetero) is 1. The molecule has 1 fully saturated rings. The van der Waals surface area contributed by atoms with Crippen molar-refractivity contribution >= 4 is 23.2 Å². The van der Waals surface area contributed by atoms with Crippen molar-refractivity contribution in [3.63, 3.8) is 0 Å². The number of ether oxygens (including phenoxy) is 3. The molecular weight excluding hydrogens is 410 g/mol. The Morgan fingerprint density at radius 2 is 1.78 bits per heavy atom. The molecule has 1 amide bonds. The van der Waals surface area contributed by atoms with E-state index in [9.17, 15) is 14.4 Å². The summed E-state index contributed by atoms with van der Waals surface area (Å²) in [5.41, 5.74) is 4.44. The summed E-state index contributed by atoms with van der Waals surface area (Å²) < 4.78 is 16.3. The average Bonchev–Trinajstić information content (AvgIpc) is 3.36. The van der Waals surface area contributed by atoms with Crippen molar-refractivity contribution in [3.05, 3.63) is 64.9 Å². The molecule has 3 aliphatic heterocycles. The Morgan fingerprint density at radius 3 is 2.59 bits per heavy atom. The van der Waals surface area contributed by atoms with E-state index in [2.05, 4.69) is 0 Å². The average molecular weight is 433 g/mol. The van der Waals surface area contributed by atoms with E-state index in [1.807, 2.05) is 42.5 Å². The van der Waals surface area contributed by atoms with Gasteiger partial charge in [-0.2, -0.15) is 0 Å². The second-order valence-electron chi connectivity index (χ2n) is 8.12. The molecule has 0 aliphatic carbocycles. The summed E-state index contributed by atoms with van der Waals surface area (Å²) >= 11 is 0. The number of nitrogens with zero attached hydrogens (tertiary/aromatic N) is 1. The Kier molecular flexibility index (Phi) is 5.39. The molecule has 3 heterocycles. The number of hydrogen-bond donors (Lipinski definition) is 0. The molecule has 0 saturated carbocycles. The van der Waals surface area contributed by atoms with Gasteiger partial charge >= 0.3 is 5.97 Å². The molecular formula is C25H23NO6. The molecule has 0 radical (unpaired) electrons. The van der Waals surface area contributed by atoms with Crippen molar-refractivity contribution < 1.29 is 28.6 Å². The zero-order valence-corrected chi connectivity index (χ0v) is 17.6. The molecule has 0 N–H and O–H groups in total. The van der Waals surface area contributed by atoms with Gasteiger partial charge in [0.05, 0.1) is 0 Å². The number of ketones is 1. The lowest BCUT2D eigenvalue weighted by Crippen LogP contribution is -2.25. The van der Waals surface area contributed by atoms with E-state index in [-0.39, 0.29) is 37.9 Å². The number of esters is 1. The first-order valence-corrected chi connectivity index (χ1v) is 10.7. The molecule has 0 bridgehead atoms. The number of amides is 1. The van der Waals surface area contributed by atoms with Crippen LogP contribution in [-0.4, -0.2) is 35.9 Å². The molecule has 3 aliphatic rings. The molecule has 0 spiro atoms. The maximum Gasteiger partial charge on any atom is 0.313 e. The number of carbonyl (C=O) groups is 3. The summed E-state index contributed by atoms with van der Waals surface area (Å²) in [5, 5.41) is 0. The Labute approximate surface area is 185 Å². The highest BCUT2D eigenvalue weighted by Gasteiger charge is 2.33. The Hall–Kier alpha value is -3.61. The van der Waals surface area contributed by atoms with Crippen molar-refractivity contribution in [2.24, 2.45) is 0 Å². The minimum atomic E-state index is -0.552. The van der Waals surface area contributed by atoms with Crippen molar-refractivity contribution in [2.75, 3.05) is 13.3 Å². The maximum atomic E-state index is 12.9. The van der Waals surface area contributed by atoms with Crippen LogP contribution in [0.15, 0.2) is 48.2 Å². The number of carbonyl (C=O) groups excluding carboxylic acids is 3. The first-order chi connectivity index (χ1) is 15.6. The van der Waals surface area contributed by atoms with Crippen LogP contribution in [0.4, 0.5) is 0 Å². The van der Waals surface area contributed by atoms with E-state index in [1.165, 1.54) is 0 Å². The summed E-state index contributed by atoms with van der Waals surface area (Å²) in [6, 6.07) is 13.2. The van der Waals surface area contributed by atoms with Crippen molar-refractivity contribution in [2.45, 2.75) is 38.7 Å². The fourth-order valence-electron chi connectivity index (χ4n) is 4.49. The zero-order valence-electron chi connectivity index (χ0n) is 17.6. The van der Waals surface area contributed by atoms with Gasteiger partial charge in [0.2, 0.25) is 12.7 Å². The maximum absolute atomic E-state index is 12.9. The number of hydrogen-bond acceptors (Lipinski definition) is 6. The second-order valence-corrected chi connectivity index (χ2v) is 8.12. The van der Waals surface area contributed by atoms with Gasteiger partial charge in [-0.3, -0.25) is 14.4 Å². The topological polar surface area (TPSA) is 82.1 Å². The minimum absolute atomic E-state index is 0.0617. The number of allylic oxidation sites excluding steroid dienone is 2. The smallest absolute Gasteiger partial charge is 0.313 e. The largest absolute Gasteiger partial charge is 0.460 e. The first kappa shape index (κ1) is 20.3. The summed E-state index contributed by atoms with van der Waals surface area (Å²) in [7, 11) is 0. The fourth-order valence-corrected chi connectivity index (χ4v) is 4.49. The normalized spacial score (nSPS) is 16.5. The molecule has 1 saturated heterocycles. The Bertz CT molecular complexity index is 1120. The second kappa shape index (κ2) is 8.49. The molecule has 0 atom stereocenters. The number of rotatable bonds is 6. The van der Waals surface area contributed by atoms with Gasteiger partial charge in [0.25, 0.3) is 0 Å². The summed E-state index contributed by atoms with van der Waals surface area (Å²) in [4.78, 5) is 39.3. The molecule has 5 rings (SSSR count). The molecule has 0 aromatic heterocycles. The minimum Gasteiger partial charge on any atom is -0.460 e. The van der Waals surface area contributed by atoms with Crippen LogP contribution in [0, 0.1) is 0 Å². The summed E-state index contributed by atoms with van der Waals surface area (Å²) in [6.07, 6.45) is 1.45. The van der Waals surface area contributed by atoms with Gasteiger partial charge in [-0.25, -0.2) is 0 Å². The summed E-state index contributed by atoms with van der Waals surface area (Å²) in [6.45, 7) is 0.869. The lowest BCUT2D eigenvalue weighted by molar-refractivity contribution is -0.147. The lowest BCUT2D eigenvalue weighted by atomic mass is 9.92. The van der Waals surface area contributed by atoms with Gasteiger partial charge in [-0.1, -0.05) is 30.3 Å². The van der Waals surface area contributed by atoms with Crippen LogP contribution in [0.5, 0.6) is 11.5 Å². The van der Waals surface area contributed by atoms with Crippen LogP contribution in [0.25, 0.3) is 5.57 Å². The molecule has 7 nitrogen and oxygen atoms in total. The highest BCUT2D eigenvalue weighted by molar-refractivity contribution is 6.02. The van der Waals surface area contributed by atoms with E-state index in [4.69, 9.17) is 14.2 Å². The van der Waals surface area contributed by atoms with Crippen LogP contribution in [-0.2, 0) is 32.1 Å². The SMILES string of the molecule is O=C(CC(=O)OCc1ccccc1)CC1=C2CCC(=O)N2CCc2cc3c(cc21)OCO3. The number of benzene rings is 2. The third-order valence-electron chi connectivity index (χ3n) is 6.04. The van der Waals surface area contributed by atoms with Crippen molar-refractivity contribution in [1.29, 1.82) is 0 Å². The standard InChI is InChI=1S/C25H23NO6/c27-18(12-25(29)30-14-16-4-2-1-3-5-16)11-20-19-13-23-22(31-15-32-23)10-17(19)8-9-26-21(20)6-7-24(26)28/h1-5,10,13H,6-9,11-12,14-15H2. The Balaban J connectivity index is 1.36. The van der Waals surface area contributed by atoms with E-state index >= 15 is 0 Å². The van der Waals surface area contributed by atoms with Gasteiger partial charge in [0.15, 0.2) is 11.5 Å². The quantitative estimate of drug-likeness (QED) is 0.513. The van der Waals surface area contributed by atoms with E-state index < -0.39 is 5.97 Å². The third kappa shape index (κ3) is 3.98. The van der Waals surface area contributed by atoms with E-state index in [1.54, 1.807) is 4.90 Å². The van der Waals surface area contributed by atoms with E-state index in [0.29, 0.717) is 37.3 Å². The van der Waals surface area contributed by atoms with Crippen LogP contribution in [0.1, 0.15) is 42.4 Å². The zero-order chi connectivity index (χ0) is 22.1. The van der Waals surface area contributed by atoms with Crippen LogP contribution < -0.4 is 9.47 Å². The van der Waals surface area contributed by atoms with Gasteiger partial charge in [-0.05, 0) is 47.2 Å². The van der Waals surface area contributed by atoms with Gasteiger partial charge in [-0.15, -0.1) is 0 Å². The molecule has 2 aromatic carbocycles. The molecule has 7 heteroatoms. The summed E-state index contributed by atoms with van der Waals surface area (Å²) in [5.74, 6) is 0.588. The van der Waals surface area contributed by atoms with Gasteiger partial charge in [0.1, 0.15) is 18.8 Å². The third-order valence-corrected chi connectivity index (χ3v) is 6.04. The lowest BCUT2D eigenvalue weighted by Gasteiger charge is -2.18. The molecule has 164 valence electrons. The fraction of sp³-hybridized carbons (Fsp3) is 0.320. The predicted octanol–water partition coefficient (Wildman–Crippen LogP) is 3.40. The van der Waals surface area contributed by atoms with E-state index in [0.717, 1.165) is 28.0 Å². The van der Waals surface area contributed by atoms with Gasteiger partial charge < -0.3 is 19.1 Å².